The first-order chi connectivity index (χ1) is 10.0. The van der Waals surface area contributed by atoms with Crippen LogP contribution in [0.15, 0.2) is 36.4 Å². The van der Waals surface area contributed by atoms with Gasteiger partial charge in [-0.2, -0.15) is 0 Å². The normalized spacial score (nSPS) is 10.4. The first kappa shape index (κ1) is 15.2. The lowest BCUT2D eigenvalue weighted by atomic mass is 10.1. The number of nitrogens with zero attached hydrogens (tertiary/aromatic N) is 1. The van der Waals surface area contributed by atoms with Gasteiger partial charge in [0.05, 0.1) is 15.5 Å². The maximum atomic E-state index is 13.8. The fourth-order valence-electron chi connectivity index (χ4n) is 1.88. The highest BCUT2D eigenvalue weighted by molar-refractivity contribution is 6.31. The lowest BCUT2D eigenvalue weighted by Gasteiger charge is -2.12. The van der Waals surface area contributed by atoms with Crippen molar-refractivity contribution in [2.45, 2.75) is 13.2 Å². The Morgan fingerprint density at radius 2 is 2.00 bits per heavy atom. The smallest absolute Gasteiger partial charge is 0.277 e. The minimum Gasteiger partial charge on any atom is -0.485 e. The van der Waals surface area contributed by atoms with Crippen LogP contribution < -0.4 is 10.5 Å². The van der Waals surface area contributed by atoms with E-state index < -0.39 is 10.7 Å². The molecule has 2 rings (SSSR count). The quantitative estimate of drug-likeness (QED) is 0.678. The summed E-state index contributed by atoms with van der Waals surface area (Å²) < 4.78 is 19.1. The highest BCUT2D eigenvalue weighted by Gasteiger charge is 2.18. The molecule has 2 N–H and O–H groups in total. The third-order valence-electron chi connectivity index (χ3n) is 2.92. The molecule has 0 spiro atoms. The molecule has 0 saturated carbocycles. The third-order valence-corrected chi connectivity index (χ3v) is 3.27. The molecule has 21 heavy (non-hydrogen) atoms. The number of para-hydroxylation sites is 1. The van der Waals surface area contributed by atoms with Crippen LogP contribution in [-0.4, -0.2) is 4.92 Å². The van der Waals surface area contributed by atoms with E-state index in [0.29, 0.717) is 5.56 Å². The Hall–Kier alpha value is -2.18. The SMILES string of the molecule is NCc1cccc(F)c1OCc1c(Cl)cccc1[N+](=O)[O-]. The van der Waals surface area contributed by atoms with Gasteiger partial charge in [-0.3, -0.25) is 10.1 Å². The molecule has 110 valence electrons. The van der Waals surface area contributed by atoms with Crippen LogP contribution in [0.2, 0.25) is 5.02 Å². The second-order valence-electron chi connectivity index (χ2n) is 4.22. The maximum Gasteiger partial charge on any atom is 0.277 e. The number of benzene rings is 2. The van der Waals surface area contributed by atoms with Gasteiger partial charge in [-0.1, -0.05) is 29.8 Å². The first-order valence-corrected chi connectivity index (χ1v) is 6.44. The number of halogens is 2. The van der Waals surface area contributed by atoms with Gasteiger partial charge in [0.1, 0.15) is 6.61 Å². The molecule has 0 aliphatic carbocycles. The van der Waals surface area contributed by atoms with Gasteiger partial charge in [-0.05, 0) is 12.1 Å². The maximum absolute atomic E-state index is 13.8. The number of hydrogen-bond acceptors (Lipinski definition) is 4. The zero-order valence-electron chi connectivity index (χ0n) is 10.9. The van der Waals surface area contributed by atoms with E-state index in [-0.39, 0.29) is 35.2 Å². The van der Waals surface area contributed by atoms with Crippen molar-refractivity contribution in [1.82, 2.24) is 0 Å². The lowest BCUT2D eigenvalue weighted by Crippen LogP contribution is -2.06. The molecule has 0 aliphatic heterocycles. The number of rotatable bonds is 5. The number of ether oxygens (including phenoxy) is 1. The molecular formula is C14H12ClFN2O3. The molecule has 2 aromatic carbocycles. The summed E-state index contributed by atoms with van der Waals surface area (Å²) in [6, 6.07) is 8.67. The largest absolute Gasteiger partial charge is 0.485 e. The summed E-state index contributed by atoms with van der Waals surface area (Å²) >= 11 is 5.95. The molecule has 0 atom stereocenters. The van der Waals surface area contributed by atoms with Crippen LogP contribution in [-0.2, 0) is 13.2 Å². The van der Waals surface area contributed by atoms with E-state index in [9.17, 15) is 14.5 Å². The monoisotopic (exact) mass is 310 g/mol. The summed E-state index contributed by atoms with van der Waals surface area (Å²) in [5, 5.41) is 11.2. The summed E-state index contributed by atoms with van der Waals surface area (Å²) in [4.78, 5) is 10.4. The zero-order valence-corrected chi connectivity index (χ0v) is 11.6. The van der Waals surface area contributed by atoms with Crippen LogP contribution in [0.5, 0.6) is 5.75 Å². The van der Waals surface area contributed by atoms with Gasteiger partial charge >= 0.3 is 0 Å². The van der Waals surface area contributed by atoms with E-state index in [2.05, 4.69) is 0 Å². The van der Waals surface area contributed by atoms with Crippen molar-refractivity contribution < 1.29 is 14.1 Å². The molecule has 0 aromatic heterocycles. The van der Waals surface area contributed by atoms with Crippen LogP contribution >= 0.6 is 11.6 Å². The van der Waals surface area contributed by atoms with Gasteiger partial charge in [0, 0.05) is 18.2 Å². The molecule has 5 nitrogen and oxygen atoms in total. The average molecular weight is 311 g/mol. The molecule has 0 fully saturated rings. The number of hydrogen-bond donors (Lipinski definition) is 1. The summed E-state index contributed by atoms with van der Waals surface area (Å²) in [6.07, 6.45) is 0. The minimum atomic E-state index is -0.576. The van der Waals surface area contributed by atoms with Crippen molar-refractivity contribution in [2.75, 3.05) is 0 Å². The van der Waals surface area contributed by atoms with Gasteiger partial charge in [0.2, 0.25) is 0 Å². The molecule has 0 amide bonds. The zero-order chi connectivity index (χ0) is 15.4. The Morgan fingerprint density at radius 1 is 1.29 bits per heavy atom. The van der Waals surface area contributed by atoms with Crippen molar-refractivity contribution in [3.8, 4) is 5.75 Å². The van der Waals surface area contributed by atoms with Crippen LogP contribution in [0, 0.1) is 15.9 Å². The summed E-state index contributed by atoms with van der Waals surface area (Å²) in [5.41, 5.74) is 6.01. The molecule has 0 radical (unpaired) electrons. The van der Waals surface area contributed by atoms with Crippen LogP contribution in [0.25, 0.3) is 0 Å². The predicted molar refractivity (Wildman–Crippen MR) is 76.7 cm³/mol. The van der Waals surface area contributed by atoms with Gasteiger partial charge in [-0.15, -0.1) is 0 Å². The summed E-state index contributed by atoms with van der Waals surface area (Å²) in [6.45, 7) is -0.123. The lowest BCUT2D eigenvalue weighted by molar-refractivity contribution is -0.385. The Balaban J connectivity index is 2.31. The molecule has 7 heteroatoms. The second-order valence-corrected chi connectivity index (χ2v) is 4.62. The van der Waals surface area contributed by atoms with Crippen LogP contribution in [0.1, 0.15) is 11.1 Å². The fraction of sp³-hybridized carbons (Fsp3) is 0.143. The molecule has 0 heterocycles. The predicted octanol–water partition coefficient (Wildman–Crippen LogP) is 3.43. The van der Waals surface area contributed by atoms with Crippen molar-refractivity contribution in [3.05, 3.63) is 68.5 Å². The molecule has 2 aromatic rings. The average Bonchev–Trinajstić information content (AvgIpc) is 2.46. The van der Waals surface area contributed by atoms with E-state index in [0.717, 1.165) is 0 Å². The van der Waals surface area contributed by atoms with Crippen LogP contribution in [0.4, 0.5) is 10.1 Å². The van der Waals surface area contributed by atoms with Crippen molar-refractivity contribution in [1.29, 1.82) is 0 Å². The Kier molecular flexibility index (Phi) is 4.72. The first-order valence-electron chi connectivity index (χ1n) is 6.06. The van der Waals surface area contributed by atoms with Gasteiger partial charge in [0.15, 0.2) is 11.6 Å². The second kappa shape index (κ2) is 6.51. The Labute approximate surface area is 125 Å². The topological polar surface area (TPSA) is 78.4 Å². The molecular weight excluding hydrogens is 299 g/mol. The Bertz CT molecular complexity index is 679. The van der Waals surface area contributed by atoms with Crippen molar-refractivity contribution in [2.24, 2.45) is 5.73 Å². The van der Waals surface area contributed by atoms with Crippen molar-refractivity contribution >= 4 is 17.3 Å². The number of nitrogens with two attached hydrogens (primary N) is 1. The van der Waals surface area contributed by atoms with E-state index in [1.54, 1.807) is 6.07 Å². The fourth-order valence-corrected chi connectivity index (χ4v) is 2.11. The van der Waals surface area contributed by atoms with Gasteiger partial charge in [-0.25, -0.2) is 4.39 Å². The summed E-state index contributed by atoms with van der Waals surface area (Å²) in [7, 11) is 0. The summed E-state index contributed by atoms with van der Waals surface area (Å²) in [5.74, 6) is -0.595. The minimum absolute atomic E-state index is 0.0192. The van der Waals surface area contributed by atoms with E-state index >= 15 is 0 Å². The van der Waals surface area contributed by atoms with E-state index in [4.69, 9.17) is 22.1 Å². The molecule has 0 aliphatic rings. The van der Waals surface area contributed by atoms with Crippen molar-refractivity contribution in [3.63, 3.8) is 0 Å². The molecule has 0 saturated heterocycles. The van der Waals surface area contributed by atoms with Gasteiger partial charge in [0.25, 0.3) is 5.69 Å². The van der Waals surface area contributed by atoms with Crippen LogP contribution in [0.3, 0.4) is 0 Å². The third kappa shape index (κ3) is 3.29. The molecule has 0 unspecified atom stereocenters. The number of nitro benzene ring substituents is 1. The van der Waals surface area contributed by atoms with E-state index in [1.807, 2.05) is 0 Å². The van der Waals surface area contributed by atoms with Gasteiger partial charge < -0.3 is 10.5 Å². The standard InChI is InChI=1S/C14H12ClFN2O3/c15-11-4-2-6-13(18(19)20)10(11)8-21-14-9(7-17)3-1-5-12(14)16/h1-6H,7-8,17H2. The molecule has 0 bridgehead atoms. The Morgan fingerprint density at radius 3 is 2.67 bits per heavy atom. The highest BCUT2D eigenvalue weighted by atomic mass is 35.5. The number of nitro groups is 1. The highest BCUT2D eigenvalue weighted by Crippen LogP contribution is 2.29. The van der Waals surface area contributed by atoms with E-state index in [1.165, 1.54) is 30.3 Å².